The maximum atomic E-state index is 5.45. The molecule has 0 saturated carbocycles. The van der Waals surface area contributed by atoms with Crippen LogP contribution in [0.1, 0.15) is 0 Å². The number of benzene rings is 1. The molecule has 3 rings (SSSR count). The number of ether oxygens (including phenoxy) is 1. The number of aromatic nitrogens is 3. The largest absolute Gasteiger partial charge is 0.496 e. The third-order valence-electron chi connectivity index (χ3n) is 3.63. The number of nitrogens with one attached hydrogen (secondary N) is 1. The lowest BCUT2D eigenvalue weighted by atomic mass is 10.1. The highest BCUT2D eigenvalue weighted by Crippen LogP contribution is 2.32. The van der Waals surface area contributed by atoms with Crippen LogP contribution in [-0.2, 0) is 0 Å². The normalized spacial score (nSPS) is 11.1. The SMILES string of the molecule is COc1ccccc1-c1cnn2ccc(NCCN(C)C)nc12. The van der Waals surface area contributed by atoms with Crippen LogP contribution in [0, 0.1) is 0 Å². The fraction of sp³-hybridized carbons (Fsp3) is 0.294. The van der Waals surface area contributed by atoms with Crippen LogP contribution >= 0.6 is 0 Å². The third-order valence-corrected chi connectivity index (χ3v) is 3.63. The molecule has 6 nitrogen and oxygen atoms in total. The maximum Gasteiger partial charge on any atom is 0.165 e. The van der Waals surface area contributed by atoms with Crippen LogP contribution in [0.25, 0.3) is 16.8 Å². The molecule has 23 heavy (non-hydrogen) atoms. The molecule has 6 heteroatoms. The molecule has 0 atom stereocenters. The van der Waals surface area contributed by atoms with E-state index in [0.717, 1.165) is 41.4 Å². The Bertz CT molecular complexity index is 797. The molecule has 0 aliphatic carbocycles. The van der Waals surface area contributed by atoms with Crippen molar-refractivity contribution in [2.24, 2.45) is 0 Å². The summed E-state index contributed by atoms with van der Waals surface area (Å²) in [4.78, 5) is 6.83. The average molecular weight is 311 g/mol. The van der Waals surface area contributed by atoms with Gasteiger partial charge in [-0.3, -0.25) is 0 Å². The zero-order chi connectivity index (χ0) is 16.2. The number of nitrogens with zero attached hydrogens (tertiary/aromatic N) is 4. The van der Waals surface area contributed by atoms with Gasteiger partial charge in [0.15, 0.2) is 5.65 Å². The number of rotatable bonds is 6. The molecule has 2 aromatic heterocycles. The lowest BCUT2D eigenvalue weighted by Crippen LogP contribution is -2.21. The van der Waals surface area contributed by atoms with E-state index in [-0.39, 0.29) is 0 Å². The van der Waals surface area contributed by atoms with Gasteiger partial charge >= 0.3 is 0 Å². The van der Waals surface area contributed by atoms with Gasteiger partial charge in [0.2, 0.25) is 0 Å². The second-order valence-corrected chi connectivity index (χ2v) is 5.57. The number of anilines is 1. The van der Waals surface area contributed by atoms with Gasteiger partial charge < -0.3 is 15.0 Å². The van der Waals surface area contributed by atoms with Crippen LogP contribution in [0.15, 0.2) is 42.7 Å². The Kier molecular flexibility index (Phi) is 4.43. The Morgan fingerprint density at radius 3 is 2.78 bits per heavy atom. The molecule has 1 aromatic carbocycles. The first-order chi connectivity index (χ1) is 11.2. The van der Waals surface area contributed by atoms with Gasteiger partial charge in [0.1, 0.15) is 11.6 Å². The quantitative estimate of drug-likeness (QED) is 0.757. The lowest BCUT2D eigenvalue weighted by molar-refractivity contribution is 0.416. The summed E-state index contributed by atoms with van der Waals surface area (Å²) in [6.07, 6.45) is 3.74. The number of likely N-dealkylation sites (N-methyl/N-ethyl adjacent to an activating group) is 1. The molecule has 0 saturated heterocycles. The van der Waals surface area contributed by atoms with E-state index < -0.39 is 0 Å². The Morgan fingerprint density at radius 1 is 1.17 bits per heavy atom. The summed E-state index contributed by atoms with van der Waals surface area (Å²) in [5, 5.41) is 7.72. The monoisotopic (exact) mass is 311 g/mol. The highest BCUT2D eigenvalue weighted by atomic mass is 16.5. The van der Waals surface area contributed by atoms with E-state index in [9.17, 15) is 0 Å². The Labute approximate surface area is 135 Å². The molecule has 0 amide bonds. The minimum absolute atomic E-state index is 0.810. The van der Waals surface area contributed by atoms with Crippen molar-refractivity contribution >= 4 is 11.5 Å². The summed E-state index contributed by atoms with van der Waals surface area (Å²) in [5.74, 6) is 1.66. The summed E-state index contributed by atoms with van der Waals surface area (Å²) in [6, 6.07) is 9.83. The van der Waals surface area contributed by atoms with Gasteiger partial charge in [0.25, 0.3) is 0 Å². The Morgan fingerprint density at radius 2 is 2.00 bits per heavy atom. The smallest absolute Gasteiger partial charge is 0.165 e. The van der Waals surface area contributed by atoms with Gasteiger partial charge in [-0.2, -0.15) is 5.10 Å². The number of para-hydroxylation sites is 1. The van der Waals surface area contributed by atoms with E-state index in [1.54, 1.807) is 11.6 Å². The van der Waals surface area contributed by atoms with E-state index in [1.807, 2.05) is 42.7 Å². The first-order valence-electron chi connectivity index (χ1n) is 7.55. The van der Waals surface area contributed by atoms with E-state index in [1.165, 1.54) is 0 Å². The van der Waals surface area contributed by atoms with Gasteiger partial charge in [-0.15, -0.1) is 0 Å². The molecular formula is C17H21N5O. The molecule has 2 heterocycles. The zero-order valence-electron chi connectivity index (χ0n) is 13.7. The molecule has 0 fully saturated rings. The van der Waals surface area contributed by atoms with Crippen LogP contribution in [0.2, 0.25) is 0 Å². The fourth-order valence-corrected chi connectivity index (χ4v) is 2.43. The second-order valence-electron chi connectivity index (χ2n) is 5.57. The predicted octanol–water partition coefficient (Wildman–Crippen LogP) is 2.38. The highest BCUT2D eigenvalue weighted by Gasteiger charge is 2.12. The van der Waals surface area contributed by atoms with Crippen molar-refractivity contribution in [1.29, 1.82) is 0 Å². The maximum absolute atomic E-state index is 5.45. The summed E-state index contributed by atoms with van der Waals surface area (Å²) >= 11 is 0. The number of fused-ring (bicyclic) bond motifs is 1. The molecule has 0 aliphatic rings. The van der Waals surface area contributed by atoms with Crippen LogP contribution in [0.5, 0.6) is 5.75 Å². The minimum atomic E-state index is 0.810. The Hall–Kier alpha value is -2.60. The van der Waals surface area contributed by atoms with Crippen molar-refractivity contribution in [3.63, 3.8) is 0 Å². The standard InChI is InChI=1S/C17H21N5O/c1-21(2)11-9-18-16-8-10-22-17(20-16)14(12-19-22)13-6-4-5-7-15(13)23-3/h4-8,10,12H,9,11H2,1-3H3,(H,18,20). The highest BCUT2D eigenvalue weighted by molar-refractivity contribution is 5.81. The lowest BCUT2D eigenvalue weighted by Gasteiger charge is -2.11. The van der Waals surface area contributed by atoms with Gasteiger partial charge in [-0.25, -0.2) is 9.50 Å². The van der Waals surface area contributed by atoms with Crippen LogP contribution in [-0.4, -0.2) is 53.8 Å². The number of methoxy groups -OCH3 is 1. The second kappa shape index (κ2) is 6.66. The molecule has 0 aliphatic heterocycles. The summed E-state index contributed by atoms with van der Waals surface area (Å²) in [6.45, 7) is 1.79. The minimum Gasteiger partial charge on any atom is -0.496 e. The van der Waals surface area contributed by atoms with E-state index in [0.29, 0.717) is 0 Å². The van der Waals surface area contributed by atoms with Crippen molar-refractivity contribution in [2.75, 3.05) is 39.6 Å². The first-order valence-corrected chi connectivity index (χ1v) is 7.55. The average Bonchev–Trinajstić information content (AvgIpc) is 2.97. The molecule has 0 radical (unpaired) electrons. The van der Waals surface area contributed by atoms with Crippen LogP contribution in [0.4, 0.5) is 5.82 Å². The fourth-order valence-electron chi connectivity index (χ4n) is 2.43. The number of hydrogen-bond donors (Lipinski definition) is 1. The van der Waals surface area contributed by atoms with E-state index in [2.05, 4.69) is 29.4 Å². The molecule has 120 valence electrons. The molecular weight excluding hydrogens is 290 g/mol. The van der Waals surface area contributed by atoms with Crippen molar-refractivity contribution in [3.05, 3.63) is 42.7 Å². The Balaban J connectivity index is 1.95. The van der Waals surface area contributed by atoms with Gasteiger partial charge in [0.05, 0.1) is 18.9 Å². The zero-order valence-corrected chi connectivity index (χ0v) is 13.7. The first kappa shape index (κ1) is 15.3. The number of hydrogen-bond acceptors (Lipinski definition) is 5. The van der Waals surface area contributed by atoms with E-state index in [4.69, 9.17) is 9.72 Å². The van der Waals surface area contributed by atoms with Crippen molar-refractivity contribution in [3.8, 4) is 16.9 Å². The summed E-state index contributed by atoms with van der Waals surface area (Å²) in [5.41, 5.74) is 2.76. The summed E-state index contributed by atoms with van der Waals surface area (Å²) in [7, 11) is 5.77. The van der Waals surface area contributed by atoms with Crippen LogP contribution in [0.3, 0.4) is 0 Å². The summed E-state index contributed by atoms with van der Waals surface area (Å²) < 4.78 is 7.23. The van der Waals surface area contributed by atoms with Gasteiger partial charge in [-0.1, -0.05) is 18.2 Å². The van der Waals surface area contributed by atoms with Crippen molar-refractivity contribution in [1.82, 2.24) is 19.5 Å². The molecule has 0 bridgehead atoms. The predicted molar refractivity (Wildman–Crippen MR) is 92.0 cm³/mol. The van der Waals surface area contributed by atoms with Gasteiger partial charge in [-0.05, 0) is 26.2 Å². The third kappa shape index (κ3) is 3.27. The van der Waals surface area contributed by atoms with Crippen molar-refractivity contribution < 1.29 is 4.74 Å². The molecule has 1 N–H and O–H groups in total. The van der Waals surface area contributed by atoms with Crippen molar-refractivity contribution in [2.45, 2.75) is 0 Å². The topological polar surface area (TPSA) is 54.7 Å². The molecule has 0 unspecified atom stereocenters. The van der Waals surface area contributed by atoms with E-state index >= 15 is 0 Å². The van der Waals surface area contributed by atoms with Gasteiger partial charge in [0, 0.05) is 24.8 Å². The van der Waals surface area contributed by atoms with Crippen LogP contribution < -0.4 is 10.1 Å². The molecule has 3 aromatic rings. The molecule has 0 spiro atoms.